The Labute approximate surface area is 135 Å². The van der Waals surface area contributed by atoms with Crippen molar-refractivity contribution in [2.45, 2.75) is 37.6 Å². The van der Waals surface area contributed by atoms with Crippen LogP contribution in [0.5, 0.6) is 0 Å². The van der Waals surface area contributed by atoms with Crippen molar-refractivity contribution in [2.24, 2.45) is 5.73 Å². The predicted octanol–water partition coefficient (Wildman–Crippen LogP) is 1.69. The number of thiophene rings is 1. The summed E-state index contributed by atoms with van der Waals surface area (Å²) in [4.78, 5) is 28.7. The average Bonchev–Trinajstić information content (AvgIpc) is 3.09. The minimum Gasteiger partial charge on any atom is -0.338 e. The second-order valence-corrected chi connectivity index (χ2v) is 7.09. The zero-order valence-electron chi connectivity index (χ0n) is 12.8. The number of hydrogen-bond acceptors (Lipinski definition) is 4. The molecule has 3 rings (SSSR count). The Balaban J connectivity index is 1.57. The summed E-state index contributed by atoms with van der Waals surface area (Å²) >= 11 is 1.53. The van der Waals surface area contributed by atoms with E-state index in [4.69, 9.17) is 5.73 Å². The van der Waals surface area contributed by atoms with Gasteiger partial charge in [-0.2, -0.15) is 11.3 Å². The summed E-state index contributed by atoms with van der Waals surface area (Å²) in [5, 5.41) is 3.78. The number of rotatable bonds is 2. The molecule has 0 radical (unpaired) electrons. The number of piperazine rings is 1. The van der Waals surface area contributed by atoms with Crippen LogP contribution in [0.3, 0.4) is 0 Å². The summed E-state index contributed by atoms with van der Waals surface area (Å²) in [7, 11) is 0. The average molecular weight is 321 g/mol. The van der Waals surface area contributed by atoms with Crippen molar-refractivity contribution in [3.63, 3.8) is 0 Å². The molecule has 0 aromatic carbocycles. The highest BCUT2D eigenvalue weighted by Crippen LogP contribution is 2.28. The molecular weight excluding hydrogens is 298 g/mol. The summed E-state index contributed by atoms with van der Waals surface area (Å²) in [6.07, 6.45) is 4.84. The normalized spacial score (nSPS) is 21.7. The van der Waals surface area contributed by atoms with E-state index in [9.17, 15) is 9.59 Å². The van der Waals surface area contributed by atoms with Crippen molar-refractivity contribution < 1.29 is 9.59 Å². The van der Waals surface area contributed by atoms with Crippen molar-refractivity contribution in [3.05, 3.63) is 22.4 Å². The Morgan fingerprint density at radius 3 is 2.27 bits per heavy atom. The van der Waals surface area contributed by atoms with E-state index in [0.717, 1.165) is 31.2 Å². The van der Waals surface area contributed by atoms with Crippen LogP contribution in [-0.4, -0.2) is 53.3 Å². The van der Waals surface area contributed by atoms with Crippen molar-refractivity contribution in [3.8, 4) is 0 Å². The molecule has 1 aromatic rings. The van der Waals surface area contributed by atoms with Crippen molar-refractivity contribution >= 4 is 23.2 Å². The monoisotopic (exact) mass is 321 g/mol. The predicted molar refractivity (Wildman–Crippen MR) is 86.8 cm³/mol. The molecule has 0 unspecified atom stereocenters. The lowest BCUT2D eigenvalue weighted by Gasteiger charge is -2.41. The zero-order valence-corrected chi connectivity index (χ0v) is 13.6. The second kappa shape index (κ2) is 6.38. The van der Waals surface area contributed by atoms with Crippen LogP contribution in [0.1, 0.15) is 42.5 Å². The highest BCUT2D eigenvalue weighted by Gasteiger charge is 2.39. The molecule has 2 heterocycles. The Morgan fingerprint density at radius 1 is 1.05 bits per heavy atom. The van der Waals surface area contributed by atoms with Gasteiger partial charge in [-0.3, -0.25) is 9.59 Å². The first-order valence-electron chi connectivity index (χ1n) is 8.00. The smallest absolute Gasteiger partial charge is 0.254 e. The van der Waals surface area contributed by atoms with Gasteiger partial charge in [-0.15, -0.1) is 0 Å². The third-order valence-corrected chi connectivity index (χ3v) is 5.48. The molecule has 0 atom stereocenters. The van der Waals surface area contributed by atoms with E-state index in [-0.39, 0.29) is 11.8 Å². The molecule has 2 fully saturated rings. The maximum absolute atomic E-state index is 12.7. The highest BCUT2D eigenvalue weighted by atomic mass is 32.1. The van der Waals surface area contributed by atoms with Gasteiger partial charge < -0.3 is 15.5 Å². The van der Waals surface area contributed by atoms with Gasteiger partial charge >= 0.3 is 0 Å². The van der Waals surface area contributed by atoms with Gasteiger partial charge in [0.25, 0.3) is 5.91 Å². The zero-order chi connectivity index (χ0) is 15.6. The molecule has 0 bridgehead atoms. The van der Waals surface area contributed by atoms with Gasteiger partial charge in [0.15, 0.2) is 0 Å². The second-order valence-electron chi connectivity index (χ2n) is 6.31. The summed E-state index contributed by atoms with van der Waals surface area (Å²) in [6.45, 7) is 2.37. The number of hydrogen-bond donors (Lipinski definition) is 1. The van der Waals surface area contributed by atoms with Crippen LogP contribution in [0, 0.1) is 0 Å². The van der Waals surface area contributed by atoms with Gasteiger partial charge in [0.05, 0.1) is 11.1 Å². The molecule has 1 aliphatic carbocycles. The maximum atomic E-state index is 12.7. The molecular formula is C16H23N3O2S. The van der Waals surface area contributed by atoms with E-state index in [1.807, 2.05) is 26.6 Å². The van der Waals surface area contributed by atoms with E-state index in [1.54, 1.807) is 0 Å². The van der Waals surface area contributed by atoms with Crippen LogP contribution in [0.25, 0.3) is 0 Å². The SMILES string of the molecule is NC1(C(=O)N2CCN(C(=O)c3ccsc3)CC2)CCCCC1. The number of carbonyl (C=O) groups excluding carboxylic acids is 2. The molecule has 1 aromatic heterocycles. The van der Waals surface area contributed by atoms with E-state index in [2.05, 4.69) is 0 Å². The van der Waals surface area contributed by atoms with Crippen molar-refractivity contribution in [1.82, 2.24) is 9.80 Å². The fourth-order valence-electron chi connectivity index (χ4n) is 3.39. The first-order chi connectivity index (χ1) is 10.6. The Morgan fingerprint density at radius 2 is 1.68 bits per heavy atom. The lowest BCUT2D eigenvalue weighted by atomic mass is 9.81. The summed E-state index contributed by atoms with van der Waals surface area (Å²) < 4.78 is 0. The molecule has 2 amide bonds. The molecule has 22 heavy (non-hydrogen) atoms. The first-order valence-corrected chi connectivity index (χ1v) is 8.94. The molecule has 2 aliphatic rings. The van der Waals surface area contributed by atoms with Crippen LogP contribution in [0.4, 0.5) is 0 Å². The minimum absolute atomic E-state index is 0.0634. The third-order valence-electron chi connectivity index (χ3n) is 4.79. The summed E-state index contributed by atoms with van der Waals surface area (Å²) in [5.74, 6) is 0.142. The highest BCUT2D eigenvalue weighted by molar-refractivity contribution is 7.08. The molecule has 6 heteroatoms. The van der Waals surface area contributed by atoms with Gasteiger partial charge in [0, 0.05) is 31.6 Å². The number of amides is 2. The van der Waals surface area contributed by atoms with E-state index in [1.165, 1.54) is 17.8 Å². The third kappa shape index (κ3) is 3.03. The molecule has 5 nitrogen and oxygen atoms in total. The summed E-state index contributed by atoms with van der Waals surface area (Å²) in [6, 6.07) is 1.85. The molecule has 1 saturated heterocycles. The number of nitrogens with two attached hydrogens (primary N) is 1. The number of carbonyl (C=O) groups is 2. The Hall–Kier alpha value is -1.40. The fraction of sp³-hybridized carbons (Fsp3) is 0.625. The van der Waals surface area contributed by atoms with Crippen LogP contribution < -0.4 is 5.73 Å². The van der Waals surface area contributed by atoms with Gasteiger partial charge in [0.1, 0.15) is 0 Å². The van der Waals surface area contributed by atoms with Crippen LogP contribution >= 0.6 is 11.3 Å². The van der Waals surface area contributed by atoms with E-state index >= 15 is 0 Å². The Kier molecular flexibility index (Phi) is 4.49. The summed E-state index contributed by atoms with van der Waals surface area (Å²) in [5.41, 5.74) is 6.41. The topological polar surface area (TPSA) is 66.6 Å². The van der Waals surface area contributed by atoms with E-state index in [0.29, 0.717) is 26.2 Å². The Bertz CT molecular complexity index is 530. The van der Waals surface area contributed by atoms with Crippen LogP contribution in [-0.2, 0) is 4.79 Å². The lowest BCUT2D eigenvalue weighted by Crippen LogP contribution is -2.60. The van der Waals surface area contributed by atoms with Crippen molar-refractivity contribution in [2.75, 3.05) is 26.2 Å². The van der Waals surface area contributed by atoms with E-state index < -0.39 is 5.54 Å². The maximum Gasteiger partial charge on any atom is 0.254 e. The number of nitrogens with zero attached hydrogens (tertiary/aromatic N) is 2. The van der Waals surface area contributed by atoms with Crippen LogP contribution in [0.15, 0.2) is 16.8 Å². The molecule has 1 saturated carbocycles. The first kappa shape index (κ1) is 15.5. The molecule has 2 N–H and O–H groups in total. The molecule has 0 spiro atoms. The van der Waals surface area contributed by atoms with Crippen LogP contribution in [0.2, 0.25) is 0 Å². The van der Waals surface area contributed by atoms with Gasteiger partial charge in [-0.05, 0) is 24.3 Å². The largest absolute Gasteiger partial charge is 0.338 e. The molecule has 1 aliphatic heterocycles. The van der Waals surface area contributed by atoms with Crippen molar-refractivity contribution in [1.29, 1.82) is 0 Å². The van der Waals surface area contributed by atoms with Gasteiger partial charge in [-0.1, -0.05) is 19.3 Å². The standard InChI is InChI=1S/C16H23N3O2S/c17-16(5-2-1-3-6-16)15(21)19-9-7-18(8-10-19)14(20)13-4-11-22-12-13/h4,11-12H,1-3,5-10,17H2. The quantitative estimate of drug-likeness (QED) is 0.901. The minimum atomic E-state index is -0.669. The van der Waals surface area contributed by atoms with Gasteiger partial charge in [0.2, 0.25) is 5.91 Å². The molecule has 120 valence electrons. The fourth-order valence-corrected chi connectivity index (χ4v) is 4.02. The lowest BCUT2D eigenvalue weighted by molar-refractivity contribution is -0.139. The van der Waals surface area contributed by atoms with Gasteiger partial charge in [-0.25, -0.2) is 0 Å².